The summed E-state index contributed by atoms with van der Waals surface area (Å²) in [6.07, 6.45) is 3.06. The average Bonchev–Trinajstić information content (AvgIpc) is 2.44. The van der Waals surface area contributed by atoms with Gasteiger partial charge in [0.05, 0.1) is 11.9 Å². The van der Waals surface area contributed by atoms with Gasteiger partial charge in [-0.1, -0.05) is 0 Å². The number of hydrogen-bond acceptors (Lipinski definition) is 5. The molecule has 3 N–H and O–H groups in total. The predicted octanol–water partition coefficient (Wildman–Crippen LogP) is 2.65. The maximum absolute atomic E-state index is 5.79. The van der Waals surface area contributed by atoms with Crippen molar-refractivity contribution < 1.29 is 0 Å². The van der Waals surface area contributed by atoms with Gasteiger partial charge in [-0.3, -0.25) is 0 Å². The van der Waals surface area contributed by atoms with Gasteiger partial charge in [0.15, 0.2) is 5.82 Å². The first-order chi connectivity index (χ1) is 9.24. The highest BCUT2D eigenvalue weighted by Gasteiger charge is 2.03. The molecule has 1 aromatic heterocycles. The van der Waals surface area contributed by atoms with Crippen LogP contribution in [0, 0.1) is 0 Å². The van der Waals surface area contributed by atoms with Crippen molar-refractivity contribution in [3.05, 3.63) is 36.8 Å². The van der Waals surface area contributed by atoms with E-state index >= 15 is 0 Å². The first-order valence-corrected chi connectivity index (χ1v) is 6.42. The molecule has 1 aromatic carbocycles. The first-order valence-electron chi connectivity index (χ1n) is 6.42. The lowest BCUT2D eigenvalue weighted by Crippen LogP contribution is -2.21. The van der Waals surface area contributed by atoms with E-state index in [1.807, 2.05) is 12.1 Å². The zero-order valence-corrected chi connectivity index (χ0v) is 11.3. The highest BCUT2D eigenvalue weighted by Crippen LogP contribution is 2.22. The summed E-state index contributed by atoms with van der Waals surface area (Å²) in [5.41, 5.74) is 8.50. The molecule has 0 aliphatic carbocycles. The first kappa shape index (κ1) is 13.1. The Morgan fingerprint density at radius 3 is 2.42 bits per heavy atom. The molecule has 0 aliphatic rings. The SMILES string of the molecule is CCN(CC)c1ccc(Nc2ncncc2N)cc1. The van der Waals surface area contributed by atoms with Crippen LogP contribution in [0.15, 0.2) is 36.8 Å². The number of nitrogen functional groups attached to an aromatic ring is 1. The van der Waals surface area contributed by atoms with Gasteiger partial charge < -0.3 is 16.0 Å². The summed E-state index contributed by atoms with van der Waals surface area (Å²) in [6, 6.07) is 8.23. The van der Waals surface area contributed by atoms with Gasteiger partial charge in [0.1, 0.15) is 6.33 Å². The summed E-state index contributed by atoms with van der Waals surface area (Å²) < 4.78 is 0. The van der Waals surface area contributed by atoms with Gasteiger partial charge in [-0.15, -0.1) is 0 Å². The lowest BCUT2D eigenvalue weighted by atomic mass is 10.2. The van der Waals surface area contributed by atoms with Crippen molar-refractivity contribution in [2.24, 2.45) is 0 Å². The predicted molar refractivity (Wildman–Crippen MR) is 79.7 cm³/mol. The molecule has 2 rings (SSSR count). The molecular formula is C14H19N5. The van der Waals surface area contributed by atoms with Crippen LogP contribution in [0.3, 0.4) is 0 Å². The standard InChI is InChI=1S/C14H19N5/c1-3-19(4-2)12-7-5-11(6-8-12)18-14-13(15)9-16-10-17-14/h5-10H,3-4,15H2,1-2H3,(H,16,17,18). The molecule has 0 radical (unpaired) electrons. The largest absolute Gasteiger partial charge is 0.394 e. The molecule has 100 valence electrons. The summed E-state index contributed by atoms with van der Waals surface area (Å²) >= 11 is 0. The molecule has 5 nitrogen and oxygen atoms in total. The van der Waals surface area contributed by atoms with E-state index in [0.717, 1.165) is 18.8 Å². The lowest BCUT2D eigenvalue weighted by Gasteiger charge is -2.21. The Bertz CT molecular complexity index is 520. The third kappa shape index (κ3) is 3.13. The van der Waals surface area contributed by atoms with Crippen molar-refractivity contribution in [3.8, 4) is 0 Å². The Balaban J connectivity index is 2.13. The minimum atomic E-state index is 0.537. The smallest absolute Gasteiger partial charge is 0.157 e. The zero-order chi connectivity index (χ0) is 13.7. The molecule has 0 spiro atoms. The fourth-order valence-electron chi connectivity index (χ4n) is 1.93. The van der Waals surface area contributed by atoms with Gasteiger partial charge in [-0.25, -0.2) is 9.97 Å². The Kier molecular flexibility index (Phi) is 4.18. The van der Waals surface area contributed by atoms with Crippen LogP contribution >= 0.6 is 0 Å². The van der Waals surface area contributed by atoms with Crippen LogP contribution in [0.4, 0.5) is 22.9 Å². The molecule has 0 amide bonds. The molecule has 0 atom stereocenters. The summed E-state index contributed by atoms with van der Waals surface area (Å²) in [6.45, 7) is 6.30. The maximum atomic E-state index is 5.79. The van der Waals surface area contributed by atoms with Crippen LogP contribution < -0.4 is 16.0 Å². The van der Waals surface area contributed by atoms with E-state index in [1.54, 1.807) is 6.20 Å². The van der Waals surface area contributed by atoms with Crippen molar-refractivity contribution >= 4 is 22.9 Å². The molecule has 0 saturated carbocycles. The number of nitrogens with two attached hydrogens (primary N) is 1. The fourth-order valence-corrected chi connectivity index (χ4v) is 1.93. The number of nitrogens with one attached hydrogen (secondary N) is 1. The normalized spacial score (nSPS) is 10.2. The quantitative estimate of drug-likeness (QED) is 0.862. The molecule has 0 aliphatic heterocycles. The van der Waals surface area contributed by atoms with Crippen molar-refractivity contribution in [3.63, 3.8) is 0 Å². The number of nitrogens with zero attached hydrogens (tertiary/aromatic N) is 3. The number of aromatic nitrogens is 2. The van der Waals surface area contributed by atoms with Gasteiger partial charge in [0.25, 0.3) is 0 Å². The number of rotatable bonds is 5. The zero-order valence-electron chi connectivity index (χ0n) is 11.3. The Hall–Kier alpha value is -2.30. The molecule has 1 heterocycles. The van der Waals surface area contributed by atoms with Crippen LogP contribution in [0.1, 0.15) is 13.8 Å². The molecule has 0 unspecified atom stereocenters. The summed E-state index contributed by atoms with van der Waals surface area (Å²) in [4.78, 5) is 10.3. The number of benzene rings is 1. The van der Waals surface area contributed by atoms with Crippen LogP contribution in [0.2, 0.25) is 0 Å². The van der Waals surface area contributed by atoms with E-state index in [4.69, 9.17) is 5.73 Å². The van der Waals surface area contributed by atoms with E-state index in [9.17, 15) is 0 Å². The van der Waals surface area contributed by atoms with Crippen molar-refractivity contribution in [1.29, 1.82) is 0 Å². The fraction of sp³-hybridized carbons (Fsp3) is 0.286. The molecule has 2 aromatic rings. The lowest BCUT2D eigenvalue weighted by molar-refractivity contribution is 0.866. The number of hydrogen-bond donors (Lipinski definition) is 2. The Morgan fingerprint density at radius 2 is 1.84 bits per heavy atom. The summed E-state index contributed by atoms with van der Waals surface area (Å²) in [7, 11) is 0. The number of anilines is 4. The van der Waals surface area contributed by atoms with Crippen LogP contribution in [0.5, 0.6) is 0 Å². The van der Waals surface area contributed by atoms with E-state index in [1.165, 1.54) is 12.0 Å². The maximum Gasteiger partial charge on any atom is 0.157 e. The monoisotopic (exact) mass is 257 g/mol. The van der Waals surface area contributed by atoms with Crippen molar-refractivity contribution in [2.75, 3.05) is 29.0 Å². The molecule has 19 heavy (non-hydrogen) atoms. The van der Waals surface area contributed by atoms with Gasteiger partial charge in [0, 0.05) is 24.5 Å². The van der Waals surface area contributed by atoms with Crippen molar-refractivity contribution in [1.82, 2.24) is 9.97 Å². The topological polar surface area (TPSA) is 67.1 Å². The molecule has 0 bridgehead atoms. The third-order valence-electron chi connectivity index (χ3n) is 3.00. The second kappa shape index (κ2) is 6.04. The van der Waals surface area contributed by atoms with E-state index in [0.29, 0.717) is 11.5 Å². The van der Waals surface area contributed by atoms with Crippen molar-refractivity contribution in [2.45, 2.75) is 13.8 Å². The highest BCUT2D eigenvalue weighted by molar-refractivity contribution is 5.68. The summed E-state index contributed by atoms with van der Waals surface area (Å²) in [5, 5.41) is 3.18. The van der Waals surface area contributed by atoms with E-state index in [-0.39, 0.29) is 0 Å². The molecule has 0 fully saturated rings. The highest BCUT2D eigenvalue weighted by atomic mass is 15.1. The average molecular weight is 257 g/mol. The van der Waals surface area contributed by atoms with Crippen LogP contribution in [-0.4, -0.2) is 23.1 Å². The Labute approximate surface area is 113 Å². The minimum absolute atomic E-state index is 0.537. The Morgan fingerprint density at radius 1 is 1.16 bits per heavy atom. The van der Waals surface area contributed by atoms with E-state index in [2.05, 4.69) is 46.2 Å². The van der Waals surface area contributed by atoms with Gasteiger partial charge in [0.2, 0.25) is 0 Å². The second-order valence-corrected chi connectivity index (χ2v) is 4.17. The minimum Gasteiger partial charge on any atom is -0.394 e. The molecule has 0 saturated heterocycles. The second-order valence-electron chi connectivity index (χ2n) is 4.17. The molecule has 5 heteroatoms. The van der Waals surface area contributed by atoms with Crippen LogP contribution in [-0.2, 0) is 0 Å². The van der Waals surface area contributed by atoms with Gasteiger partial charge >= 0.3 is 0 Å². The van der Waals surface area contributed by atoms with E-state index < -0.39 is 0 Å². The third-order valence-corrected chi connectivity index (χ3v) is 3.00. The van der Waals surface area contributed by atoms with Gasteiger partial charge in [-0.2, -0.15) is 0 Å². The summed E-state index contributed by atoms with van der Waals surface area (Å²) in [5.74, 6) is 0.630. The van der Waals surface area contributed by atoms with Crippen LogP contribution in [0.25, 0.3) is 0 Å². The molecular weight excluding hydrogens is 238 g/mol. The van der Waals surface area contributed by atoms with Gasteiger partial charge in [-0.05, 0) is 38.1 Å².